The molecule has 0 bridgehead atoms. The lowest BCUT2D eigenvalue weighted by Gasteiger charge is -2.39. The number of likely N-dealkylation sites (tertiary alicyclic amines) is 1. The van der Waals surface area contributed by atoms with Crippen LogP contribution in [-0.4, -0.2) is 35.0 Å². The van der Waals surface area contributed by atoms with Crippen LogP contribution < -0.4 is 0 Å². The molecule has 0 atom stereocenters. The molecule has 0 aromatic heterocycles. The van der Waals surface area contributed by atoms with E-state index < -0.39 is 0 Å². The molecule has 4 heteroatoms. The fourth-order valence-corrected chi connectivity index (χ4v) is 1.92. The highest BCUT2D eigenvalue weighted by Crippen LogP contribution is 2.23. The molecule has 3 nitrogen and oxygen atoms in total. The maximum absolute atomic E-state index is 11.6. The number of halogens is 1. The first kappa shape index (κ1) is 12.8. The lowest BCUT2D eigenvalue weighted by molar-refractivity contribution is -0.00212. The molecule has 1 heterocycles. The Morgan fingerprint density at radius 1 is 1.47 bits per heavy atom. The second-order valence-corrected chi connectivity index (χ2v) is 5.88. The molecule has 0 saturated carbocycles. The fraction of sp³-hybridized carbons (Fsp3) is 0.909. The SMILES string of the molecule is CC(C)(C)OC(=O)N1CC(CCCBr)C1. The maximum atomic E-state index is 11.6. The van der Waals surface area contributed by atoms with Gasteiger partial charge in [0.15, 0.2) is 0 Å². The Kier molecular flexibility index (Phi) is 4.44. The molecule has 0 radical (unpaired) electrons. The number of ether oxygens (including phenoxy) is 1. The summed E-state index contributed by atoms with van der Waals surface area (Å²) in [7, 11) is 0. The highest BCUT2D eigenvalue weighted by atomic mass is 79.9. The molecule has 0 aromatic rings. The molecule has 0 unspecified atom stereocenters. The van der Waals surface area contributed by atoms with Crippen molar-refractivity contribution in [2.24, 2.45) is 5.92 Å². The first-order valence-electron chi connectivity index (χ1n) is 5.46. The van der Waals surface area contributed by atoms with E-state index in [0.717, 1.165) is 18.4 Å². The first-order chi connectivity index (χ1) is 6.92. The summed E-state index contributed by atoms with van der Waals surface area (Å²) in [6.07, 6.45) is 2.22. The molecule has 0 aromatic carbocycles. The quantitative estimate of drug-likeness (QED) is 0.743. The molecule has 1 aliphatic rings. The van der Waals surface area contributed by atoms with E-state index in [-0.39, 0.29) is 11.7 Å². The average molecular weight is 278 g/mol. The van der Waals surface area contributed by atoms with Crippen molar-refractivity contribution in [2.45, 2.75) is 39.2 Å². The first-order valence-corrected chi connectivity index (χ1v) is 6.58. The van der Waals surface area contributed by atoms with Gasteiger partial charge in [-0.05, 0) is 39.5 Å². The van der Waals surface area contributed by atoms with Crippen LogP contribution in [0.3, 0.4) is 0 Å². The van der Waals surface area contributed by atoms with Crippen molar-refractivity contribution in [3.8, 4) is 0 Å². The van der Waals surface area contributed by atoms with E-state index in [9.17, 15) is 4.79 Å². The monoisotopic (exact) mass is 277 g/mol. The fourth-order valence-electron chi connectivity index (χ4n) is 1.59. The Morgan fingerprint density at radius 2 is 2.07 bits per heavy atom. The minimum Gasteiger partial charge on any atom is -0.444 e. The van der Waals surface area contributed by atoms with Crippen LogP contribution in [0.5, 0.6) is 0 Å². The topological polar surface area (TPSA) is 29.5 Å². The molecule has 1 rings (SSSR count). The Bertz CT molecular complexity index is 219. The number of amides is 1. The third kappa shape index (κ3) is 4.41. The zero-order valence-corrected chi connectivity index (χ0v) is 11.3. The average Bonchev–Trinajstić information content (AvgIpc) is 1.98. The third-order valence-corrected chi connectivity index (χ3v) is 2.92. The molecular weight excluding hydrogens is 258 g/mol. The second-order valence-electron chi connectivity index (χ2n) is 5.08. The van der Waals surface area contributed by atoms with Gasteiger partial charge in [0.1, 0.15) is 5.60 Å². The van der Waals surface area contributed by atoms with E-state index in [4.69, 9.17) is 4.74 Å². The lowest BCUT2D eigenvalue weighted by atomic mass is 9.96. The smallest absolute Gasteiger partial charge is 0.410 e. The van der Waals surface area contributed by atoms with Crippen LogP contribution in [0.25, 0.3) is 0 Å². The van der Waals surface area contributed by atoms with Crippen molar-refractivity contribution in [1.82, 2.24) is 4.90 Å². The predicted molar refractivity (Wildman–Crippen MR) is 64.3 cm³/mol. The lowest BCUT2D eigenvalue weighted by Crippen LogP contribution is -2.51. The molecule has 0 spiro atoms. The van der Waals surface area contributed by atoms with Crippen molar-refractivity contribution in [2.75, 3.05) is 18.4 Å². The summed E-state index contributed by atoms with van der Waals surface area (Å²) in [6, 6.07) is 0. The third-order valence-electron chi connectivity index (χ3n) is 2.35. The number of hydrogen-bond acceptors (Lipinski definition) is 2. The summed E-state index contributed by atoms with van der Waals surface area (Å²) in [6.45, 7) is 7.41. The molecular formula is C11H20BrNO2. The Hall–Kier alpha value is -0.250. The van der Waals surface area contributed by atoms with Gasteiger partial charge in [0.05, 0.1) is 0 Å². The van der Waals surface area contributed by atoms with E-state index in [2.05, 4.69) is 15.9 Å². The van der Waals surface area contributed by atoms with Crippen molar-refractivity contribution in [3.63, 3.8) is 0 Å². The summed E-state index contributed by atoms with van der Waals surface area (Å²) in [5, 5.41) is 1.05. The summed E-state index contributed by atoms with van der Waals surface area (Å²) >= 11 is 3.41. The highest BCUT2D eigenvalue weighted by Gasteiger charge is 2.32. The Labute approximate surface area is 100 Å². The Morgan fingerprint density at radius 3 is 2.53 bits per heavy atom. The molecule has 15 heavy (non-hydrogen) atoms. The normalized spacial score (nSPS) is 17.5. The summed E-state index contributed by atoms with van der Waals surface area (Å²) in [5.41, 5.74) is -0.377. The number of hydrogen-bond donors (Lipinski definition) is 0. The van der Waals surface area contributed by atoms with Gasteiger partial charge in [-0.1, -0.05) is 15.9 Å². The van der Waals surface area contributed by atoms with Crippen molar-refractivity contribution in [1.29, 1.82) is 0 Å². The molecule has 1 saturated heterocycles. The second kappa shape index (κ2) is 5.19. The van der Waals surface area contributed by atoms with Crippen molar-refractivity contribution >= 4 is 22.0 Å². The minimum absolute atomic E-state index is 0.169. The van der Waals surface area contributed by atoms with Crippen LogP contribution in [0, 0.1) is 5.92 Å². The van der Waals surface area contributed by atoms with Crippen LogP contribution in [0.4, 0.5) is 4.79 Å². The van der Waals surface area contributed by atoms with Crippen molar-refractivity contribution in [3.05, 3.63) is 0 Å². The van der Waals surface area contributed by atoms with Gasteiger partial charge in [-0.15, -0.1) is 0 Å². The van der Waals surface area contributed by atoms with Crippen LogP contribution in [-0.2, 0) is 4.74 Å². The highest BCUT2D eigenvalue weighted by molar-refractivity contribution is 9.09. The molecule has 0 aliphatic carbocycles. The number of carbonyl (C=O) groups excluding carboxylic acids is 1. The van der Waals surface area contributed by atoms with Crippen LogP contribution in [0.2, 0.25) is 0 Å². The molecule has 1 aliphatic heterocycles. The molecule has 88 valence electrons. The van der Waals surface area contributed by atoms with Crippen LogP contribution in [0.15, 0.2) is 0 Å². The van der Waals surface area contributed by atoms with E-state index >= 15 is 0 Å². The maximum Gasteiger partial charge on any atom is 0.410 e. The van der Waals surface area contributed by atoms with Gasteiger partial charge >= 0.3 is 6.09 Å². The largest absolute Gasteiger partial charge is 0.444 e. The number of nitrogens with zero attached hydrogens (tertiary/aromatic N) is 1. The molecule has 1 amide bonds. The van der Waals surface area contributed by atoms with E-state index in [0.29, 0.717) is 5.92 Å². The van der Waals surface area contributed by atoms with Gasteiger partial charge in [0, 0.05) is 18.4 Å². The van der Waals surface area contributed by atoms with E-state index in [1.807, 2.05) is 20.8 Å². The number of alkyl halides is 1. The summed E-state index contributed by atoms with van der Waals surface area (Å²) < 4.78 is 5.27. The van der Waals surface area contributed by atoms with E-state index in [1.165, 1.54) is 12.8 Å². The van der Waals surface area contributed by atoms with E-state index in [1.54, 1.807) is 4.90 Å². The zero-order chi connectivity index (χ0) is 11.5. The Balaban J connectivity index is 2.18. The van der Waals surface area contributed by atoms with Gasteiger partial charge < -0.3 is 9.64 Å². The molecule has 0 N–H and O–H groups in total. The number of rotatable bonds is 3. The minimum atomic E-state index is -0.377. The number of carbonyl (C=O) groups is 1. The van der Waals surface area contributed by atoms with Gasteiger partial charge in [-0.2, -0.15) is 0 Å². The van der Waals surface area contributed by atoms with Crippen molar-refractivity contribution < 1.29 is 9.53 Å². The summed E-state index contributed by atoms with van der Waals surface area (Å²) in [5.74, 6) is 0.676. The molecule has 1 fully saturated rings. The van der Waals surface area contributed by atoms with Gasteiger partial charge in [0.2, 0.25) is 0 Å². The zero-order valence-electron chi connectivity index (χ0n) is 9.75. The van der Waals surface area contributed by atoms with Gasteiger partial charge in [0.25, 0.3) is 0 Å². The van der Waals surface area contributed by atoms with Crippen LogP contribution >= 0.6 is 15.9 Å². The van der Waals surface area contributed by atoms with Gasteiger partial charge in [-0.3, -0.25) is 0 Å². The summed E-state index contributed by atoms with van der Waals surface area (Å²) in [4.78, 5) is 13.3. The standard InChI is InChI=1S/C11H20BrNO2/c1-11(2,3)15-10(14)13-7-9(8-13)5-4-6-12/h9H,4-8H2,1-3H3. The van der Waals surface area contributed by atoms with Gasteiger partial charge in [-0.25, -0.2) is 4.79 Å². The van der Waals surface area contributed by atoms with Crippen LogP contribution in [0.1, 0.15) is 33.6 Å². The predicted octanol–water partition coefficient (Wildman–Crippen LogP) is 3.03.